The summed E-state index contributed by atoms with van der Waals surface area (Å²) < 4.78 is 55.3. The number of alkyl halides is 3. The van der Waals surface area contributed by atoms with E-state index >= 15 is 0 Å². The van der Waals surface area contributed by atoms with Gasteiger partial charge in [0, 0.05) is 12.1 Å². The van der Waals surface area contributed by atoms with Crippen molar-refractivity contribution in [2.45, 2.75) is 6.18 Å². The highest BCUT2D eigenvalue weighted by atomic mass is 19.4. The van der Waals surface area contributed by atoms with E-state index in [1.54, 1.807) is 0 Å². The highest BCUT2D eigenvalue weighted by Gasteiger charge is 2.30. The number of benzene rings is 2. The van der Waals surface area contributed by atoms with Gasteiger partial charge in [-0.25, -0.2) is 4.39 Å². The molecule has 110 valence electrons. The largest absolute Gasteiger partial charge is 0.450 e. The van der Waals surface area contributed by atoms with Crippen molar-refractivity contribution in [3.63, 3.8) is 0 Å². The van der Waals surface area contributed by atoms with Crippen LogP contribution < -0.4 is 4.74 Å². The van der Waals surface area contributed by atoms with Crippen LogP contribution in [0.4, 0.5) is 23.2 Å². The molecule has 0 radical (unpaired) electrons. The van der Waals surface area contributed by atoms with Gasteiger partial charge >= 0.3 is 11.9 Å². The zero-order chi connectivity index (χ0) is 15.6. The summed E-state index contributed by atoms with van der Waals surface area (Å²) in [5.74, 6) is -1.22. The molecule has 0 aromatic heterocycles. The minimum atomic E-state index is -4.50. The molecule has 8 heteroatoms. The number of hydrogen-bond donors (Lipinski definition) is 0. The van der Waals surface area contributed by atoms with Crippen LogP contribution in [0.2, 0.25) is 0 Å². The lowest BCUT2D eigenvalue weighted by Gasteiger charge is -2.09. The second-order valence-corrected chi connectivity index (χ2v) is 3.99. The summed E-state index contributed by atoms with van der Waals surface area (Å²) in [6.45, 7) is 0. The third-order valence-electron chi connectivity index (χ3n) is 2.53. The van der Waals surface area contributed by atoms with E-state index in [1.807, 2.05) is 0 Å². The molecule has 0 saturated carbocycles. The molecule has 2 aromatic carbocycles. The molecule has 0 saturated heterocycles. The minimum Gasteiger partial charge on any atom is -0.450 e. The Morgan fingerprint density at radius 2 is 1.67 bits per heavy atom. The Balaban J connectivity index is 2.30. The van der Waals surface area contributed by atoms with E-state index in [0.29, 0.717) is 0 Å². The first-order valence-electron chi connectivity index (χ1n) is 5.56. The topological polar surface area (TPSA) is 52.4 Å². The molecule has 0 bridgehead atoms. The van der Waals surface area contributed by atoms with E-state index in [-0.39, 0.29) is 11.5 Å². The highest BCUT2D eigenvalue weighted by molar-refractivity contribution is 5.48. The Morgan fingerprint density at radius 3 is 2.19 bits per heavy atom. The first-order chi connectivity index (χ1) is 9.77. The molecular formula is C13H7F4NO3. The fourth-order valence-electron chi connectivity index (χ4n) is 1.56. The molecule has 0 spiro atoms. The number of nitro groups is 1. The van der Waals surface area contributed by atoms with Crippen LogP contribution >= 0.6 is 0 Å². The average molecular weight is 301 g/mol. The molecule has 0 aliphatic heterocycles. The van der Waals surface area contributed by atoms with E-state index < -0.39 is 28.2 Å². The Labute approximate surface area is 115 Å². The summed E-state index contributed by atoms with van der Waals surface area (Å²) in [6, 6.07) is 6.11. The number of rotatable bonds is 3. The number of hydrogen-bond acceptors (Lipinski definition) is 3. The van der Waals surface area contributed by atoms with Crippen LogP contribution in [-0.2, 0) is 6.18 Å². The predicted molar refractivity (Wildman–Crippen MR) is 64.6 cm³/mol. The quantitative estimate of drug-likeness (QED) is 0.475. The molecule has 2 rings (SSSR count). The first kappa shape index (κ1) is 14.8. The van der Waals surface area contributed by atoms with Gasteiger partial charge in [0.05, 0.1) is 10.5 Å². The summed E-state index contributed by atoms with van der Waals surface area (Å²) in [6.07, 6.45) is -4.50. The number of nitrogens with zero attached hydrogens (tertiary/aromatic N) is 1. The molecule has 4 nitrogen and oxygen atoms in total. The second-order valence-electron chi connectivity index (χ2n) is 3.99. The van der Waals surface area contributed by atoms with Crippen LogP contribution in [0.5, 0.6) is 11.5 Å². The van der Waals surface area contributed by atoms with Crippen LogP contribution in [0.25, 0.3) is 0 Å². The fraction of sp³-hybridized carbons (Fsp3) is 0.0769. The molecular weight excluding hydrogens is 294 g/mol. The summed E-state index contributed by atoms with van der Waals surface area (Å²) >= 11 is 0. The average Bonchev–Trinajstić information content (AvgIpc) is 2.38. The van der Waals surface area contributed by atoms with Crippen molar-refractivity contribution in [2.24, 2.45) is 0 Å². The minimum absolute atomic E-state index is 0.0725. The van der Waals surface area contributed by atoms with Crippen molar-refractivity contribution in [2.75, 3.05) is 0 Å². The maximum absolute atomic E-state index is 13.1. The SMILES string of the molecule is O=[N+]([O-])c1ccc(F)cc1Oc1ccc(C(F)(F)F)cc1. The third kappa shape index (κ3) is 3.47. The van der Waals surface area contributed by atoms with Crippen LogP contribution in [-0.4, -0.2) is 4.92 Å². The molecule has 0 fully saturated rings. The van der Waals surface area contributed by atoms with Gasteiger partial charge in [0.2, 0.25) is 5.75 Å². The molecule has 0 heterocycles. The van der Waals surface area contributed by atoms with Gasteiger partial charge in [0.15, 0.2) is 0 Å². The third-order valence-corrected chi connectivity index (χ3v) is 2.53. The summed E-state index contributed by atoms with van der Waals surface area (Å²) in [5.41, 5.74) is -1.38. The van der Waals surface area contributed by atoms with Crippen LogP contribution in [0.1, 0.15) is 5.56 Å². The van der Waals surface area contributed by atoms with E-state index in [2.05, 4.69) is 0 Å². The summed E-state index contributed by atoms with van der Waals surface area (Å²) in [5, 5.41) is 10.8. The van der Waals surface area contributed by atoms with Gasteiger partial charge < -0.3 is 4.74 Å². The maximum atomic E-state index is 13.1. The van der Waals surface area contributed by atoms with Crippen LogP contribution in [0.15, 0.2) is 42.5 Å². The van der Waals surface area contributed by atoms with E-state index in [4.69, 9.17) is 4.74 Å². The lowest BCUT2D eigenvalue weighted by molar-refractivity contribution is -0.385. The molecule has 0 atom stereocenters. The summed E-state index contributed by atoms with van der Waals surface area (Å²) in [4.78, 5) is 9.98. The van der Waals surface area contributed by atoms with Gasteiger partial charge in [-0.15, -0.1) is 0 Å². The summed E-state index contributed by atoms with van der Waals surface area (Å²) in [7, 11) is 0. The first-order valence-corrected chi connectivity index (χ1v) is 5.56. The zero-order valence-electron chi connectivity index (χ0n) is 10.2. The predicted octanol–water partition coefficient (Wildman–Crippen LogP) is 4.55. The Kier molecular flexibility index (Phi) is 3.79. The van der Waals surface area contributed by atoms with Crippen molar-refractivity contribution < 1.29 is 27.2 Å². The molecule has 0 aliphatic rings. The van der Waals surface area contributed by atoms with E-state index in [0.717, 1.165) is 42.5 Å². The standard InChI is InChI=1S/C13H7F4NO3/c14-9-3-6-11(18(19)20)12(7-9)21-10-4-1-8(2-5-10)13(15,16)17/h1-7H. The van der Waals surface area contributed by atoms with Gasteiger partial charge in [0.25, 0.3) is 0 Å². The second kappa shape index (κ2) is 5.39. The molecule has 21 heavy (non-hydrogen) atoms. The van der Waals surface area contributed by atoms with Gasteiger partial charge in [0.1, 0.15) is 11.6 Å². The number of nitro benzene ring substituents is 1. The Bertz CT molecular complexity index is 668. The van der Waals surface area contributed by atoms with Gasteiger partial charge in [-0.3, -0.25) is 10.1 Å². The Morgan fingerprint density at radius 1 is 1.05 bits per heavy atom. The monoisotopic (exact) mass is 301 g/mol. The fourth-order valence-corrected chi connectivity index (χ4v) is 1.56. The van der Waals surface area contributed by atoms with E-state index in [9.17, 15) is 27.7 Å². The zero-order valence-corrected chi connectivity index (χ0v) is 10.2. The van der Waals surface area contributed by atoms with Gasteiger partial charge in [-0.05, 0) is 30.3 Å². The Hall–Kier alpha value is -2.64. The smallest absolute Gasteiger partial charge is 0.416 e. The molecule has 0 N–H and O–H groups in total. The molecule has 2 aromatic rings. The van der Waals surface area contributed by atoms with E-state index in [1.165, 1.54) is 0 Å². The van der Waals surface area contributed by atoms with Gasteiger partial charge in [-0.2, -0.15) is 13.2 Å². The van der Waals surface area contributed by atoms with Crippen molar-refractivity contribution >= 4 is 5.69 Å². The molecule has 0 amide bonds. The van der Waals surface area contributed by atoms with Crippen molar-refractivity contribution in [3.8, 4) is 11.5 Å². The maximum Gasteiger partial charge on any atom is 0.416 e. The van der Waals surface area contributed by atoms with Crippen molar-refractivity contribution in [1.29, 1.82) is 0 Å². The van der Waals surface area contributed by atoms with Crippen molar-refractivity contribution in [1.82, 2.24) is 0 Å². The molecule has 0 aliphatic carbocycles. The number of ether oxygens (including phenoxy) is 1. The van der Waals surface area contributed by atoms with Crippen LogP contribution in [0, 0.1) is 15.9 Å². The van der Waals surface area contributed by atoms with Crippen LogP contribution in [0.3, 0.4) is 0 Å². The lowest BCUT2D eigenvalue weighted by Crippen LogP contribution is -2.04. The highest BCUT2D eigenvalue weighted by Crippen LogP contribution is 2.34. The lowest BCUT2D eigenvalue weighted by atomic mass is 10.2. The van der Waals surface area contributed by atoms with Gasteiger partial charge in [-0.1, -0.05) is 0 Å². The van der Waals surface area contributed by atoms with Crippen molar-refractivity contribution in [3.05, 3.63) is 64.0 Å². The number of halogens is 4. The normalized spacial score (nSPS) is 11.2. The molecule has 0 unspecified atom stereocenters.